The molecule has 0 spiro atoms. The van der Waals surface area contributed by atoms with Gasteiger partial charge in [-0.2, -0.15) is 0 Å². The van der Waals surface area contributed by atoms with Gasteiger partial charge in [-0.3, -0.25) is 10.1 Å². The van der Waals surface area contributed by atoms with E-state index < -0.39 is 10.5 Å². The predicted molar refractivity (Wildman–Crippen MR) is 78.6 cm³/mol. The van der Waals surface area contributed by atoms with Gasteiger partial charge in [-0.1, -0.05) is 13.3 Å². The lowest BCUT2D eigenvalue weighted by Gasteiger charge is -2.28. The Morgan fingerprint density at radius 1 is 1.43 bits per heavy atom. The van der Waals surface area contributed by atoms with E-state index in [0.29, 0.717) is 12.1 Å². The van der Waals surface area contributed by atoms with Crippen molar-refractivity contribution in [2.45, 2.75) is 32.2 Å². The molecule has 1 rings (SSSR count). The number of ether oxygens (including phenoxy) is 2. The highest BCUT2D eigenvalue weighted by Gasteiger charge is 2.33. The first-order chi connectivity index (χ1) is 9.87. The van der Waals surface area contributed by atoms with Crippen LogP contribution in [0.2, 0.25) is 0 Å². The SMILES string of the molecule is CCCC(C)(Nc1ccc([N+](=O)[O-])c(OC)c1)C(=O)OC. The van der Waals surface area contributed by atoms with Gasteiger partial charge in [-0.05, 0) is 19.4 Å². The van der Waals surface area contributed by atoms with E-state index in [-0.39, 0.29) is 17.4 Å². The Labute approximate surface area is 123 Å². The van der Waals surface area contributed by atoms with Crippen molar-refractivity contribution < 1.29 is 19.2 Å². The summed E-state index contributed by atoms with van der Waals surface area (Å²) in [6.07, 6.45) is 1.35. The molecule has 1 atom stereocenters. The Morgan fingerprint density at radius 2 is 2.10 bits per heavy atom. The Kier molecular flexibility index (Phi) is 5.52. The zero-order valence-corrected chi connectivity index (χ0v) is 12.6. The molecule has 0 aliphatic carbocycles. The summed E-state index contributed by atoms with van der Waals surface area (Å²) in [6, 6.07) is 4.37. The fraction of sp³-hybridized carbons (Fsp3) is 0.500. The molecule has 0 aromatic heterocycles. The van der Waals surface area contributed by atoms with Crippen molar-refractivity contribution in [3.05, 3.63) is 28.3 Å². The summed E-state index contributed by atoms with van der Waals surface area (Å²) in [5.74, 6) is -0.254. The van der Waals surface area contributed by atoms with Crippen LogP contribution in [0.25, 0.3) is 0 Å². The first-order valence-electron chi connectivity index (χ1n) is 6.57. The number of benzene rings is 1. The Morgan fingerprint density at radius 3 is 2.57 bits per heavy atom. The van der Waals surface area contributed by atoms with Gasteiger partial charge in [-0.25, -0.2) is 4.79 Å². The molecule has 7 nitrogen and oxygen atoms in total. The van der Waals surface area contributed by atoms with Crippen molar-refractivity contribution >= 4 is 17.3 Å². The fourth-order valence-electron chi connectivity index (χ4n) is 2.17. The average Bonchev–Trinajstić information content (AvgIpc) is 2.46. The van der Waals surface area contributed by atoms with E-state index in [9.17, 15) is 14.9 Å². The lowest BCUT2D eigenvalue weighted by molar-refractivity contribution is -0.385. The summed E-state index contributed by atoms with van der Waals surface area (Å²) in [6.45, 7) is 3.69. The van der Waals surface area contributed by atoms with Crippen LogP contribution in [0.1, 0.15) is 26.7 Å². The summed E-state index contributed by atoms with van der Waals surface area (Å²) >= 11 is 0. The van der Waals surface area contributed by atoms with Crippen LogP contribution in [-0.2, 0) is 9.53 Å². The lowest BCUT2D eigenvalue weighted by atomic mass is 9.95. The van der Waals surface area contributed by atoms with Gasteiger partial charge >= 0.3 is 11.7 Å². The van der Waals surface area contributed by atoms with Crippen molar-refractivity contribution in [3.63, 3.8) is 0 Å². The maximum atomic E-state index is 11.9. The molecule has 0 radical (unpaired) electrons. The third kappa shape index (κ3) is 3.84. The van der Waals surface area contributed by atoms with Gasteiger partial charge in [0.2, 0.25) is 0 Å². The summed E-state index contributed by atoms with van der Waals surface area (Å²) in [4.78, 5) is 22.3. The van der Waals surface area contributed by atoms with Crippen molar-refractivity contribution in [1.82, 2.24) is 0 Å². The molecule has 7 heteroatoms. The second-order valence-corrected chi connectivity index (χ2v) is 4.84. The van der Waals surface area contributed by atoms with E-state index in [0.717, 1.165) is 6.42 Å². The standard InChI is InChI=1S/C14H20N2O5/c1-5-8-14(2,13(17)21-4)15-10-6-7-11(16(18)19)12(9-10)20-3/h6-7,9,15H,5,8H2,1-4H3. The van der Waals surface area contributed by atoms with Gasteiger partial charge in [0.25, 0.3) is 0 Å². The van der Waals surface area contributed by atoms with E-state index >= 15 is 0 Å². The number of hydrogen-bond donors (Lipinski definition) is 1. The number of nitrogens with one attached hydrogen (secondary N) is 1. The van der Waals surface area contributed by atoms with E-state index in [1.807, 2.05) is 6.92 Å². The van der Waals surface area contributed by atoms with E-state index in [2.05, 4.69) is 5.32 Å². The van der Waals surface area contributed by atoms with Crippen LogP contribution in [-0.4, -0.2) is 30.7 Å². The normalized spacial score (nSPS) is 13.1. The Balaban J connectivity index is 3.10. The maximum Gasteiger partial charge on any atom is 0.331 e. The summed E-state index contributed by atoms with van der Waals surface area (Å²) in [5, 5.41) is 13.9. The molecule has 1 N–H and O–H groups in total. The number of anilines is 1. The van der Waals surface area contributed by atoms with Crippen LogP contribution in [0, 0.1) is 10.1 Å². The molecule has 0 aliphatic heterocycles. The molecule has 0 heterocycles. The second-order valence-electron chi connectivity index (χ2n) is 4.84. The van der Waals surface area contributed by atoms with Crippen LogP contribution >= 0.6 is 0 Å². The number of methoxy groups -OCH3 is 2. The number of hydrogen-bond acceptors (Lipinski definition) is 6. The molecule has 0 bridgehead atoms. The molecule has 1 aromatic carbocycles. The number of carbonyl (C=O) groups excluding carboxylic acids is 1. The smallest absolute Gasteiger partial charge is 0.331 e. The van der Waals surface area contributed by atoms with E-state index in [1.54, 1.807) is 6.92 Å². The first-order valence-corrected chi connectivity index (χ1v) is 6.57. The van der Waals surface area contributed by atoms with Gasteiger partial charge in [0.15, 0.2) is 5.75 Å². The quantitative estimate of drug-likeness (QED) is 0.472. The largest absolute Gasteiger partial charge is 0.490 e. The average molecular weight is 296 g/mol. The highest BCUT2D eigenvalue weighted by atomic mass is 16.6. The van der Waals surface area contributed by atoms with Gasteiger partial charge in [0.1, 0.15) is 5.54 Å². The van der Waals surface area contributed by atoms with Gasteiger partial charge < -0.3 is 14.8 Å². The molecule has 1 aromatic rings. The van der Waals surface area contributed by atoms with Crippen molar-refractivity contribution in [2.75, 3.05) is 19.5 Å². The van der Waals surface area contributed by atoms with Crippen LogP contribution in [0.5, 0.6) is 5.75 Å². The summed E-state index contributed by atoms with van der Waals surface area (Å²) < 4.78 is 9.83. The minimum absolute atomic E-state index is 0.127. The number of nitrogens with zero attached hydrogens (tertiary/aromatic N) is 1. The molecular weight excluding hydrogens is 276 g/mol. The number of carbonyl (C=O) groups is 1. The van der Waals surface area contributed by atoms with E-state index in [1.165, 1.54) is 32.4 Å². The monoisotopic (exact) mass is 296 g/mol. The Bertz CT molecular complexity index is 532. The predicted octanol–water partition coefficient (Wildman–Crippen LogP) is 2.75. The van der Waals surface area contributed by atoms with Crippen LogP contribution < -0.4 is 10.1 Å². The summed E-state index contributed by atoms with van der Waals surface area (Å²) in [7, 11) is 2.69. The molecule has 0 saturated carbocycles. The number of nitro benzene ring substituents is 1. The van der Waals surface area contributed by atoms with Crippen molar-refractivity contribution in [2.24, 2.45) is 0 Å². The molecule has 0 amide bonds. The third-order valence-corrected chi connectivity index (χ3v) is 3.18. The summed E-state index contributed by atoms with van der Waals surface area (Å²) in [5.41, 5.74) is -0.470. The highest BCUT2D eigenvalue weighted by Crippen LogP contribution is 2.31. The van der Waals surface area contributed by atoms with Crippen LogP contribution in [0.3, 0.4) is 0 Å². The highest BCUT2D eigenvalue weighted by molar-refractivity contribution is 5.84. The van der Waals surface area contributed by atoms with Gasteiger partial charge in [0, 0.05) is 17.8 Å². The third-order valence-electron chi connectivity index (χ3n) is 3.18. The van der Waals surface area contributed by atoms with E-state index in [4.69, 9.17) is 9.47 Å². The molecule has 1 unspecified atom stereocenters. The topological polar surface area (TPSA) is 90.7 Å². The van der Waals surface area contributed by atoms with Crippen molar-refractivity contribution in [1.29, 1.82) is 0 Å². The number of esters is 1. The molecular formula is C14H20N2O5. The maximum absolute atomic E-state index is 11.9. The number of rotatable bonds is 7. The second kappa shape index (κ2) is 6.92. The Hall–Kier alpha value is -2.31. The fourth-order valence-corrected chi connectivity index (χ4v) is 2.17. The zero-order valence-electron chi connectivity index (χ0n) is 12.6. The van der Waals surface area contributed by atoms with Gasteiger partial charge in [0.05, 0.1) is 19.1 Å². The van der Waals surface area contributed by atoms with Crippen LogP contribution in [0.4, 0.5) is 11.4 Å². The molecule has 116 valence electrons. The van der Waals surface area contributed by atoms with Crippen LogP contribution in [0.15, 0.2) is 18.2 Å². The molecule has 0 aliphatic rings. The first kappa shape index (κ1) is 16.7. The molecule has 0 fully saturated rings. The number of nitro groups is 1. The van der Waals surface area contributed by atoms with Crippen molar-refractivity contribution in [3.8, 4) is 5.75 Å². The lowest BCUT2D eigenvalue weighted by Crippen LogP contribution is -2.44. The molecule has 21 heavy (non-hydrogen) atoms. The minimum Gasteiger partial charge on any atom is -0.490 e. The minimum atomic E-state index is -0.898. The zero-order chi connectivity index (χ0) is 16.0. The molecule has 0 saturated heterocycles. The van der Waals surface area contributed by atoms with Gasteiger partial charge in [-0.15, -0.1) is 0 Å².